The van der Waals surface area contributed by atoms with Gasteiger partial charge in [0.25, 0.3) is 0 Å². The highest BCUT2D eigenvalue weighted by Gasteiger charge is 2.06. The molecule has 0 saturated heterocycles. The van der Waals surface area contributed by atoms with Gasteiger partial charge in [0.05, 0.1) is 6.42 Å². The summed E-state index contributed by atoms with van der Waals surface area (Å²) >= 11 is 1.74. The maximum Gasteiger partial charge on any atom is 0.304 e. The molecule has 0 heterocycles. The highest BCUT2D eigenvalue weighted by molar-refractivity contribution is 7.99. The van der Waals surface area contributed by atoms with Crippen LogP contribution in [0.25, 0.3) is 0 Å². The van der Waals surface area contributed by atoms with E-state index in [0.717, 1.165) is 18.7 Å². The van der Waals surface area contributed by atoms with E-state index in [0.29, 0.717) is 0 Å². The summed E-state index contributed by atoms with van der Waals surface area (Å²) in [6.45, 7) is 3.04. The van der Waals surface area contributed by atoms with Crippen LogP contribution in [0.4, 0.5) is 0 Å². The molecule has 1 atom stereocenters. The summed E-state index contributed by atoms with van der Waals surface area (Å²) in [7, 11) is 4.09. The number of hydrogen-bond acceptors (Lipinski definition) is 3. The summed E-state index contributed by atoms with van der Waals surface area (Å²) in [5.41, 5.74) is 0. The summed E-state index contributed by atoms with van der Waals surface area (Å²) in [5, 5.41) is 8.74. The molecule has 0 aromatic heterocycles. The Kier molecular flexibility index (Phi) is 7.09. The molecule has 0 aromatic rings. The molecular formula is C9H19NO2S. The standard InChI is InChI=1S/C9H19NO2S/c1-8(7-9(11)12)13-6-4-5-10(2)3/h8H,4-7H2,1-3H3,(H,11,12). The zero-order valence-electron chi connectivity index (χ0n) is 8.62. The van der Waals surface area contributed by atoms with Crippen LogP contribution in [0.3, 0.4) is 0 Å². The Morgan fingerprint density at radius 3 is 2.62 bits per heavy atom. The van der Waals surface area contributed by atoms with Crippen molar-refractivity contribution in [3.8, 4) is 0 Å². The Labute approximate surface area is 84.5 Å². The molecule has 0 aromatic carbocycles. The van der Waals surface area contributed by atoms with Crippen molar-refractivity contribution in [2.24, 2.45) is 0 Å². The zero-order valence-corrected chi connectivity index (χ0v) is 9.43. The van der Waals surface area contributed by atoms with E-state index < -0.39 is 5.97 Å². The molecule has 0 fully saturated rings. The summed E-state index contributed by atoms with van der Waals surface area (Å²) in [6.07, 6.45) is 1.40. The molecule has 0 rings (SSSR count). The molecule has 3 nitrogen and oxygen atoms in total. The molecule has 13 heavy (non-hydrogen) atoms. The molecule has 0 aliphatic rings. The number of carbonyl (C=O) groups is 1. The monoisotopic (exact) mass is 205 g/mol. The number of nitrogens with zero attached hydrogens (tertiary/aromatic N) is 1. The average Bonchev–Trinajstić information content (AvgIpc) is 1.96. The van der Waals surface area contributed by atoms with Gasteiger partial charge < -0.3 is 10.0 Å². The Bertz CT molecular complexity index is 151. The molecule has 0 aliphatic carbocycles. The van der Waals surface area contributed by atoms with Crippen LogP contribution in [0.1, 0.15) is 19.8 Å². The first-order valence-corrected chi connectivity index (χ1v) is 5.55. The van der Waals surface area contributed by atoms with E-state index in [1.54, 1.807) is 11.8 Å². The number of aliphatic carboxylic acids is 1. The number of thioether (sulfide) groups is 1. The van der Waals surface area contributed by atoms with Gasteiger partial charge in [0.1, 0.15) is 0 Å². The zero-order chi connectivity index (χ0) is 10.3. The lowest BCUT2D eigenvalue weighted by atomic mass is 10.3. The van der Waals surface area contributed by atoms with Crippen molar-refractivity contribution in [3.63, 3.8) is 0 Å². The topological polar surface area (TPSA) is 40.5 Å². The molecule has 0 radical (unpaired) electrons. The van der Waals surface area contributed by atoms with Gasteiger partial charge in [-0.15, -0.1) is 0 Å². The molecule has 78 valence electrons. The van der Waals surface area contributed by atoms with Gasteiger partial charge in [0, 0.05) is 5.25 Å². The Morgan fingerprint density at radius 2 is 2.15 bits per heavy atom. The fraction of sp³-hybridized carbons (Fsp3) is 0.889. The van der Waals surface area contributed by atoms with Crippen LogP contribution in [-0.2, 0) is 4.79 Å². The van der Waals surface area contributed by atoms with Gasteiger partial charge in [-0.05, 0) is 32.8 Å². The summed E-state index contributed by atoms with van der Waals surface area (Å²) in [5.74, 6) is 0.347. The Hall–Kier alpha value is -0.220. The third-order valence-corrected chi connectivity index (χ3v) is 2.87. The SMILES string of the molecule is CC(CC(=O)O)SCCCN(C)C. The number of carboxylic acids is 1. The molecular weight excluding hydrogens is 186 g/mol. The second kappa shape index (κ2) is 7.21. The van der Waals surface area contributed by atoms with Crippen molar-refractivity contribution < 1.29 is 9.90 Å². The van der Waals surface area contributed by atoms with Crippen LogP contribution in [0.5, 0.6) is 0 Å². The number of hydrogen-bond donors (Lipinski definition) is 1. The fourth-order valence-corrected chi connectivity index (χ4v) is 1.93. The second-order valence-electron chi connectivity index (χ2n) is 3.44. The Balaban J connectivity index is 3.26. The Morgan fingerprint density at radius 1 is 1.54 bits per heavy atom. The maximum atomic E-state index is 10.3. The van der Waals surface area contributed by atoms with Gasteiger partial charge in [-0.1, -0.05) is 6.92 Å². The van der Waals surface area contributed by atoms with Gasteiger partial charge in [0.15, 0.2) is 0 Å². The molecule has 1 N–H and O–H groups in total. The predicted molar refractivity (Wildman–Crippen MR) is 57.3 cm³/mol. The minimum atomic E-state index is -0.701. The summed E-state index contributed by atoms with van der Waals surface area (Å²) < 4.78 is 0. The van der Waals surface area contributed by atoms with Crippen molar-refractivity contribution in [2.75, 3.05) is 26.4 Å². The van der Waals surface area contributed by atoms with E-state index in [1.165, 1.54) is 0 Å². The van der Waals surface area contributed by atoms with Crippen molar-refractivity contribution in [3.05, 3.63) is 0 Å². The number of carboxylic acid groups (broad SMARTS) is 1. The van der Waals surface area contributed by atoms with Crippen molar-refractivity contribution in [2.45, 2.75) is 25.0 Å². The van der Waals surface area contributed by atoms with Gasteiger partial charge in [0.2, 0.25) is 0 Å². The molecule has 4 heteroatoms. The van der Waals surface area contributed by atoms with E-state index in [-0.39, 0.29) is 11.7 Å². The predicted octanol–water partition coefficient (Wildman–Crippen LogP) is 1.53. The van der Waals surface area contributed by atoms with Crippen molar-refractivity contribution in [1.82, 2.24) is 4.90 Å². The normalized spacial score (nSPS) is 13.2. The van der Waals surface area contributed by atoms with Gasteiger partial charge >= 0.3 is 5.97 Å². The minimum absolute atomic E-state index is 0.236. The fourth-order valence-electron chi connectivity index (χ4n) is 0.970. The summed E-state index contributed by atoms with van der Waals surface area (Å²) in [4.78, 5) is 12.5. The van der Waals surface area contributed by atoms with E-state index in [2.05, 4.69) is 4.90 Å². The van der Waals surface area contributed by atoms with Crippen molar-refractivity contribution >= 4 is 17.7 Å². The molecule has 1 unspecified atom stereocenters. The van der Waals surface area contributed by atoms with Crippen LogP contribution in [0.2, 0.25) is 0 Å². The van der Waals surface area contributed by atoms with E-state index in [1.807, 2.05) is 21.0 Å². The van der Waals surface area contributed by atoms with Crippen LogP contribution in [-0.4, -0.2) is 47.6 Å². The van der Waals surface area contributed by atoms with Crippen molar-refractivity contribution in [1.29, 1.82) is 0 Å². The minimum Gasteiger partial charge on any atom is -0.481 e. The maximum absolute atomic E-state index is 10.3. The lowest BCUT2D eigenvalue weighted by molar-refractivity contribution is -0.136. The van der Waals surface area contributed by atoms with E-state index in [9.17, 15) is 4.79 Å². The van der Waals surface area contributed by atoms with Gasteiger partial charge in [-0.3, -0.25) is 4.79 Å². The van der Waals surface area contributed by atoms with Crippen LogP contribution in [0.15, 0.2) is 0 Å². The van der Waals surface area contributed by atoms with E-state index in [4.69, 9.17) is 5.11 Å². The first-order valence-electron chi connectivity index (χ1n) is 4.50. The molecule has 0 saturated carbocycles. The molecule has 0 spiro atoms. The van der Waals surface area contributed by atoms with E-state index >= 15 is 0 Å². The lowest BCUT2D eigenvalue weighted by Gasteiger charge is -2.11. The largest absolute Gasteiger partial charge is 0.481 e. The third-order valence-electron chi connectivity index (χ3n) is 1.61. The van der Waals surface area contributed by atoms with Gasteiger partial charge in [-0.2, -0.15) is 11.8 Å². The average molecular weight is 205 g/mol. The molecule has 0 amide bonds. The highest BCUT2D eigenvalue weighted by Crippen LogP contribution is 2.14. The first-order chi connectivity index (χ1) is 6.02. The van der Waals surface area contributed by atoms with Crippen LogP contribution in [0, 0.1) is 0 Å². The van der Waals surface area contributed by atoms with Crippen LogP contribution < -0.4 is 0 Å². The smallest absolute Gasteiger partial charge is 0.304 e. The highest BCUT2D eigenvalue weighted by atomic mass is 32.2. The van der Waals surface area contributed by atoms with Crippen LogP contribution >= 0.6 is 11.8 Å². The summed E-state index contributed by atoms with van der Waals surface area (Å²) in [6, 6.07) is 0. The second-order valence-corrected chi connectivity index (χ2v) is 4.98. The van der Waals surface area contributed by atoms with Gasteiger partial charge in [-0.25, -0.2) is 0 Å². The quantitative estimate of drug-likeness (QED) is 0.640. The molecule has 0 aliphatic heterocycles. The third kappa shape index (κ3) is 9.70. The molecule has 0 bridgehead atoms. The lowest BCUT2D eigenvalue weighted by Crippen LogP contribution is -2.14. The number of rotatable bonds is 7. The first kappa shape index (κ1) is 12.8.